The Morgan fingerprint density at radius 1 is 0.511 bits per heavy atom. The standard InChI is InChI=1S/C44H44N3/c1-3-46(36-17-7-5-8-18-36)38-27-23-33(24-28-38)44(34-25-29-39(30-26-34)47(4-2)37-19-9-6-10-20-37)42-31-32-43(45-35-15-11-12-16-35)41-22-14-13-21-40(41)42/h5-10,13-14,17-32,35,45H,3-4,11-12,15-16H2,1-2H3/q+1. The molecule has 1 N–H and O–H groups in total. The van der Waals surface area contributed by atoms with E-state index in [0.717, 1.165) is 13.1 Å². The molecule has 0 aliphatic heterocycles. The van der Waals surface area contributed by atoms with E-state index in [0.29, 0.717) is 6.04 Å². The zero-order valence-corrected chi connectivity index (χ0v) is 27.6. The third-order valence-corrected chi connectivity index (χ3v) is 9.61. The second-order valence-electron chi connectivity index (χ2n) is 12.5. The molecule has 1 fully saturated rings. The van der Waals surface area contributed by atoms with Gasteiger partial charge in [0.25, 0.3) is 0 Å². The van der Waals surface area contributed by atoms with E-state index in [-0.39, 0.29) is 0 Å². The first kappa shape index (κ1) is 30.5. The van der Waals surface area contributed by atoms with E-state index >= 15 is 0 Å². The highest BCUT2D eigenvalue weighted by atomic mass is 15.1. The van der Waals surface area contributed by atoms with E-state index in [4.69, 9.17) is 0 Å². The zero-order valence-electron chi connectivity index (χ0n) is 27.6. The first-order chi connectivity index (χ1) is 23.2. The molecule has 47 heavy (non-hydrogen) atoms. The van der Waals surface area contributed by atoms with E-state index in [9.17, 15) is 0 Å². The van der Waals surface area contributed by atoms with Gasteiger partial charge in [-0.2, -0.15) is 0 Å². The SMILES string of the molecule is CCN(c1ccccc1)c1ccc([C+](c2ccc(N(CC)c3ccccc3)cc2)c2ccc(NC3CCCC3)c3ccccc23)cc1. The lowest BCUT2D eigenvalue weighted by atomic mass is 9.82. The zero-order chi connectivity index (χ0) is 32.0. The molecule has 234 valence electrons. The third-order valence-electron chi connectivity index (χ3n) is 9.61. The summed E-state index contributed by atoms with van der Waals surface area (Å²) in [5, 5.41) is 6.45. The second kappa shape index (κ2) is 14.1. The normalized spacial score (nSPS) is 13.1. The number of nitrogens with one attached hydrogen (secondary N) is 1. The number of rotatable bonds is 11. The summed E-state index contributed by atoms with van der Waals surface area (Å²) < 4.78 is 0. The minimum Gasteiger partial charge on any atom is -0.381 e. The molecule has 0 heterocycles. The van der Waals surface area contributed by atoms with Crippen molar-refractivity contribution in [1.29, 1.82) is 0 Å². The Morgan fingerprint density at radius 2 is 0.957 bits per heavy atom. The molecule has 6 aromatic carbocycles. The first-order valence-corrected chi connectivity index (χ1v) is 17.2. The number of benzene rings is 6. The fourth-order valence-corrected chi connectivity index (χ4v) is 7.27. The van der Waals surface area contributed by atoms with Crippen molar-refractivity contribution in [2.45, 2.75) is 45.6 Å². The van der Waals surface area contributed by atoms with Crippen molar-refractivity contribution >= 4 is 39.2 Å². The molecule has 7 rings (SSSR count). The van der Waals surface area contributed by atoms with Crippen LogP contribution < -0.4 is 15.1 Å². The molecule has 0 bridgehead atoms. The molecule has 0 aromatic heterocycles. The lowest BCUT2D eigenvalue weighted by Crippen LogP contribution is -2.16. The minimum absolute atomic E-state index is 0.560. The van der Waals surface area contributed by atoms with Crippen LogP contribution in [0.3, 0.4) is 0 Å². The van der Waals surface area contributed by atoms with Crippen LogP contribution in [-0.2, 0) is 0 Å². The Balaban J connectivity index is 1.31. The van der Waals surface area contributed by atoms with Crippen LogP contribution in [0.25, 0.3) is 10.8 Å². The third kappa shape index (κ3) is 6.44. The molecular formula is C44H44N3+. The monoisotopic (exact) mass is 614 g/mol. The molecule has 1 aliphatic carbocycles. The van der Waals surface area contributed by atoms with Crippen molar-refractivity contribution in [3.8, 4) is 0 Å². The molecule has 1 saturated carbocycles. The van der Waals surface area contributed by atoms with Crippen LogP contribution in [0.5, 0.6) is 0 Å². The summed E-state index contributed by atoms with van der Waals surface area (Å²) >= 11 is 0. The Morgan fingerprint density at radius 3 is 1.45 bits per heavy atom. The molecule has 0 unspecified atom stereocenters. The Bertz CT molecular complexity index is 1780. The maximum Gasteiger partial charge on any atom is 0.0638 e. The molecule has 0 saturated heterocycles. The number of hydrogen-bond donors (Lipinski definition) is 1. The lowest BCUT2D eigenvalue weighted by molar-refractivity contribution is 0.756. The van der Waals surface area contributed by atoms with Crippen molar-refractivity contribution in [1.82, 2.24) is 0 Å². The molecule has 1 aliphatic rings. The van der Waals surface area contributed by atoms with Gasteiger partial charge in [0.2, 0.25) is 0 Å². The highest BCUT2D eigenvalue weighted by Crippen LogP contribution is 2.40. The van der Waals surface area contributed by atoms with Crippen LogP contribution in [-0.4, -0.2) is 19.1 Å². The Hall–Kier alpha value is -5.15. The van der Waals surface area contributed by atoms with Gasteiger partial charge in [0.1, 0.15) is 0 Å². The molecule has 0 radical (unpaired) electrons. The largest absolute Gasteiger partial charge is 0.381 e. The van der Waals surface area contributed by atoms with E-state index in [1.54, 1.807) is 0 Å². The summed E-state index contributed by atoms with van der Waals surface area (Å²) in [6, 6.07) is 53.7. The summed E-state index contributed by atoms with van der Waals surface area (Å²) in [6.07, 6.45) is 5.14. The highest BCUT2D eigenvalue weighted by Gasteiger charge is 2.27. The van der Waals surface area contributed by atoms with Crippen LogP contribution in [0.15, 0.2) is 146 Å². The quantitative estimate of drug-likeness (QED) is 0.116. The molecule has 3 heteroatoms. The summed E-state index contributed by atoms with van der Waals surface area (Å²) in [5.74, 6) is 1.25. The molecular weight excluding hydrogens is 571 g/mol. The van der Waals surface area contributed by atoms with Gasteiger partial charge in [0.15, 0.2) is 0 Å². The van der Waals surface area contributed by atoms with Crippen molar-refractivity contribution in [3.63, 3.8) is 0 Å². The number of anilines is 5. The van der Waals surface area contributed by atoms with E-state index in [1.807, 2.05) is 0 Å². The first-order valence-electron chi connectivity index (χ1n) is 17.2. The van der Waals surface area contributed by atoms with Gasteiger partial charge < -0.3 is 15.1 Å². The average Bonchev–Trinajstić information content (AvgIpc) is 3.65. The van der Waals surface area contributed by atoms with Crippen LogP contribution in [0.1, 0.15) is 56.2 Å². The maximum absolute atomic E-state index is 3.89. The highest BCUT2D eigenvalue weighted by molar-refractivity contribution is 5.98. The Labute approximate surface area is 280 Å². The Kier molecular flexibility index (Phi) is 9.14. The molecule has 0 spiro atoms. The van der Waals surface area contributed by atoms with Gasteiger partial charge in [-0.3, -0.25) is 0 Å². The van der Waals surface area contributed by atoms with Gasteiger partial charge in [-0.1, -0.05) is 61.4 Å². The van der Waals surface area contributed by atoms with E-state index < -0.39 is 0 Å². The predicted molar refractivity (Wildman–Crippen MR) is 202 cm³/mol. The fraction of sp³-hybridized carbons (Fsp3) is 0.205. The van der Waals surface area contributed by atoms with Gasteiger partial charge in [-0.25, -0.2) is 0 Å². The number of fused-ring (bicyclic) bond motifs is 1. The summed E-state index contributed by atoms with van der Waals surface area (Å²) in [5.41, 5.74) is 9.72. The van der Waals surface area contributed by atoms with E-state index in [2.05, 4.69) is 175 Å². The summed E-state index contributed by atoms with van der Waals surface area (Å²) in [6.45, 7) is 6.22. The summed E-state index contributed by atoms with van der Waals surface area (Å²) in [7, 11) is 0. The fourth-order valence-electron chi connectivity index (χ4n) is 7.27. The van der Waals surface area contributed by atoms with Gasteiger partial charge in [0, 0.05) is 41.3 Å². The van der Waals surface area contributed by atoms with Gasteiger partial charge >= 0.3 is 0 Å². The molecule has 6 aromatic rings. The summed E-state index contributed by atoms with van der Waals surface area (Å²) in [4.78, 5) is 4.72. The molecule has 3 nitrogen and oxygen atoms in total. The lowest BCUT2D eigenvalue weighted by Gasteiger charge is -2.24. The number of para-hydroxylation sites is 2. The van der Waals surface area contributed by atoms with Crippen molar-refractivity contribution in [2.75, 3.05) is 28.2 Å². The predicted octanol–water partition coefficient (Wildman–Crippen LogP) is 11.5. The van der Waals surface area contributed by atoms with Crippen LogP contribution in [0.2, 0.25) is 0 Å². The second-order valence-corrected chi connectivity index (χ2v) is 12.5. The minimum atomic E-state index is 0.560. The smallest absolute Gasteiger partial charge is 0.0638 e. The van der Waals surface area contributed by atoms with Crippen molar-refractivity contribution in [2.24, 2.45) is 0 Å². The van der Waals surface area contributed by atoms with Crippen molar-refractivity contribution < 1.29 is 0 Å². The maximum atomic E-state index is 3.89. The number of hydrogen-bond acceptors (Lipinski definition) is 3. The van der Waals surface area contributed by atoms with Crippen LogP contribution >= 0.6 is 0 Å². The van der Waals surface area contributed by atoms with Crippen LogP contribution in [0, 0.1) is 5.92 Å². The van der Waals surface area contributed by atoms with Gasteiger partial charge in [0.05, 0.1) is 39.7 Å². The molecule has 0 amide bonds. The van der Waals surface area contributed by atoms with E-state index in [1.165, 1.54) is 87.5 Å². The average molecular weight is 615 g/mol. The molecule has 0 atom stereocenters. The number of nitrogens with zero attached hydrogens (tertiary/aromatic N) is 2. The van der Waals surface area contributed by atoms with Crippen molar-refractivity contribution in [3.05, 3.63) is 168 Å². The van der Waals surface area contributed by atoms with Crippen LogP contribution in [0.4, 0.5) is 28.4 Å². The topological polar surface area (TPSA) is 18.5 Å². The van der Waals surface area contributed by atoms with Gasteiger partial charge in [-0.15, -0.1) is 0 Å². The van der Waals surface area contributed by atoms with Gasteiger partial charge in [-0.05, 0) is 124 Å².